The van der Waals surface area contributed by atoms with Gasteiger partial charge >= 0.3 is 0 Å². The highest BCUT2D eigenvalue weighted by atomic mass is 32.2. The molecule has 3 nitrogen and oxygen atoms in total. The molecular formula is C16H24N2OS. The Hall–Kier alpha value is -1.00. The summed E-state index contributed by atoms with van der Waals surface area (Å²) in [5.74, 6) is 0.245. The van der Waals surface area contributed by atoms with Gasteiger partial charge in [0.2, 0.25) is 5.91 Å². The van der Waals surface area contributed by atoms with Gasteiger partial charge in [0.15, 0.2) is 0 Å². The third-order valence-corrected chi connectivity index (χ3v) is 4.99. The van der Waals surface area contributed by atoms with Crippen molar-refractivity contribution in [1.29, 1.82) is 0 Å². The molecule has 0 saturated carbocycles. The summed E-state index contributed by atoms with van der Waals surface area (Å²) in [7, 11) is 0. The summed E-state index contributed by atoms with van der Waals surface area (Å²) >= 11 is 1.85. The van der Waals surface area contributed by atoms with Gasteiger partial charge in [0, 0.05) is 11.8 Å². The Bertz CT molecular complexity index is 437. The summed E-state index contributed by atoms with van der Waals surface area (Å²) in [6, 6.07) is 10.2. The minimum Gasteiger partial charge on any atom is -0.322 e. The molecule has 1 aliphatic rings. The topological polar surface area (TPSA) is 32.3 Å². The Kier molecular flexibility index (Phi) is 5.49. The van der Waals surface area contributed by atoms with E-state index in [0.717, 1.165) is 19.4 Å². The summed E-state index contributed by atoms with van der Waals surface area (Å²) in [4.78, 5) is 14.5. The molecule has 110 valence electrons. The molecule has 1 saturated heterocycles. The van der Waals surface area contributed by atoms with Crippen LogP contribution in [0.25, 0.3) is 0 Å². The molecular weight excluding hydrogens is 268 g/mol. The minimum absolute atomic E-state index is 0.0303. The van der Waals surface area contributed by atoms with Gasteiger partial charge in [-0.2, -0.15) is 11.8 Å². The second-order valence-electron chi connectivity index (χ2n) is 5.31. The van der Waals surface area contributed by atoms with Crippen molar-refractivity contribution in [3.63, 3.8) is 0 Å². The number of carbonyl (C=O) groups excluding carboxylic acids is 1. The van der Waals surface area contributed by atoms with E-state index in [0.29, 0.717) is 5.25 Å². The quantitative estimate of drug-likeness (QED) is 0.874. The Morgan fingerprint density at radius 1 is 1.35 bits per heavy atom. The van der Waals surface area contributed by atoms with E-state index in [4.69, 9.17) is 0 Å². The molecule has 1 heterocycles. The van der Waals surface area contributed by atoms with Gasteiger partial charge < -0.3 is 4.90 Å². The Balaban J connectivity index is 2.13. The lowest BCUT2D eigenvalue weighted by Crippen LogP contribution is -2.32. The first-order valence-electron chi connectivity index (χ1n) is 7.31. The van der Waals surface area contributed by atoms with Crippen LogP contribution in [0, 0.1) is 0 Å². The van der Waals surface area contributed by atoms with Crippen LogP contribution in [-0.2, 0) is 4.79 Å². The smallest absolute Gasteiger partial charge is 0.241 e. The highest BCUT2D eigenvalue weighted by Crippen LogP contribution is 2.27. The number of benzene rings is 1. The van der Waals surface area contributed by atoms with Crippen molar-refractivity contribution >= 4 is 17.7 Å². The lowest BCUT2D eigenvalue weighted by molar-refractivity contribution is -0.130. The molecule has 1 aromatic rings. The van der Waals surface area contributed by atoms with Gasteiger partial charge in [-0.15, -0.1) is 0 Å². The molecule has 2 rings (SSSR count). The van der Waals surface area contributed by atoms with Crippen molar-refractivity contribution in [2.75, 3.05) is 12.8 Å². The van der Waals surface area contributed by atoms with Crippen molar-refractivity contribution in [3.05, 3.63) is 35.9 Å². The third-order valence-electron chi connectivity index (χ3n) is 3.95. The molecule has 1 amide bonds. The van der Waals surface area contributed by atoms with Crippen LogP contribution >= 0.6 is 11.8 Å². The van der Waals surface area contributed by atoms with E-state index < -0.39 is 0 Å². The summed E-state index contributed by atoms with van der Waals surface area (Å²) in [5, 5.41) is 4.05. The lowest BCUT2D eigenvalue weighted by atomic mass is 10.1. The highest BCUT2D eigenvalue weighted by Gasteiger charge is 2.38. The summed E-state index contributed by atoms with van der Waals surface area (Å²) in [6.45, 7) is 5.10. The molecule has 0 aliphatic carbocycles. The predicted octanol–water partition coefficient (Wildman–Crippen LogP) is 3.04. The molecule has 0 radical (unpaired) electrons. The first kappa shape index (κ1) is 15.4. The van der Waals surface area contributed by atoms with E-state index in [9.17, 15) is 4.79 Å². The normalized spacial score (nSPS) is 24.1. The van der Waals surface area contributed by atoms with Crippen LogP contribution in [-0.4, -0.2) is 34.9 Å². The number of nitrogens with zero attached hydrogens (tertiary/aromatic N) is 1. The van der Waals surface area contributed by atoms with Crippen LogP contribution in [0.2, 0.25) is 0 Å². The van der Waals surface area contributed by atoms with Crippen molar-refractivity contribution in [2.45, 2.75) is 44.1 Å². The van der Waals surface area contributed by atoms with Crippen LogP contribution in [0.15, 0.2) is 30.3 Å². The van der Waals surface area contributed by atoms with Gasteiger partial charge in [-0.3, -0.25) is 10.1 Å². The number of thioether (sulfide) groups is 1. The number of nitrogens with one attached hydrogen (secondary N) is 1. The fourth-order valence-electron chi connectivity index (χ4n) is 2.56. The number of amides is 1. The maximum absolute atomic E-state index is 12.5. The van der Waals surface area contributed by atoms with Gasteiger partial charge in [0.1, 0.15) is 6.17 Å². The minimum atomic E-state index is -0.0372. The zero-order valence-corrected chi connectivity index (χ0v) is 13.3. The lowest BCUT2D eigenvalue weighted by Gasteiger charge is -2.25. The standard InChI is InChI=1S/C16H24N2OS/c1-4-14-16(19)18(11-10-12(2)20-3)15(17-14)13-8-6-5-7-9-13/h5-9,12,14-15,17H,4,10-11H2,1-3H3. The Morgan fingerprint density at radius 2 is 2.05 bits per heavy atom. The van der Waals surface area contributed by atoms with E-state index in [-0.39, 0.29) is 18.1 Å². The third kappa shape index (κ3) is 3.36. The van der Waals surface area contributed by atoms with Crippen LogP contribution in [0.5, 0.6) is 0 Å². The number of hydrogen-bond acceptors (Lipinski definition) is 3. The van der Waals surface area contributed by atoms with Crippen LogP contribution < -0.4 is 5.32 Å². The second kappa shape index (κ2) is 7.14. The maximum atomic E-state index is 12.5. The average Bonchev–Trinajstić information content (AvgIpc) is 2.82. The average molecular weight is 292 g/mol. The molecule has 20 heavy (non-hydrogen) atoms. The first-order chi connectivity index (χ1) is 9.67. The van der Waals surface area contributed by atoms with Crippen LogP contribution in [0.4, 0.5) is 0 Å². The van der Waals surface area contributed by atoms with Crippen molar-refractivity contribution in [1.82, 2.24) is 10.2 Å². The highest BCUT2D eigenvalue weighted by molar-refractivity contribution is 7.99. The number of hydrogen-bond donors (Lipinski definition) is 1. The summed E-state index contributed by atoms with van der Waals surface area (Å²) in [5.41, 5.74) is 1.17. The van der Waals surface area contributed by atoms with Gasteiger partial charge in [-0.1, -0.05) is 44.2 Å². The van der Waals surface area contributed by atoms with Crippen molar-refractivity contribution in [3.8, 4) is 0 Å². The largest absolute Gasteiger partial charge is 0.322 e. The zero-order chi connectivity index (χ0) is 14.5. The SMILES string of the molecule is CCC1NC(c2ccccc2)N(CCC(C)SC)C1=O. The molecule has 4 heteroatoms. The predicted molar refractivity (Wildman–Crippen MR) is 85.7 cm³/mol. The molecule has 0 spiro atoms. The van der Waals surface area contributed by atoms with Crippen LogP contribution in [0.1, 0.15) is 38.4 Å². The van der Waals surface area contributed by atoms with E-state index >= 15 is 0 Å². The molecule has 3 atom stereocenters. The van der Waals surface area contributed by atoms with Crippen molar-refractivity contribution in [2.24, 2.45) is 0 Å². The Labute approximate surface area is 126 Å². The second-order valence-corrected chi connectivity index (χ2v) is 6.58. The molecule has 1 N–H and O–H groups in total. The van der Waals surface area contributed by atoms with Gasteiger partial charge in [0.05, 0.1) is 6.04 Å². The van der Waals surface area contributed by atoms with E-state index in [1.54, 1.807) is 0 Å². The maximum Gasteiger partial charge on any atom is 0.241 e. The summed E-state index contributed by atoms with van der Waals surface area (Å²) < 4.78 is 0. The monoisotopic (exact) mass is 292 g/mol. The van der Waals surface area contributed by atoms with Crippen LogP contribution in [0.3, 0.4) is 0 Å². The summed E-state index contributed by atoms with van der Waals surface area (Å²) in [6.07, 6.45) is 4.03. The number of rotatable bonds is 6. The zero-order valence-electron chi connectivity index (χ0n) is 12.5. The first-order valence-corrected chi connectivity index (χ1v) is 8.60. The fraction of sp³-hybridized carbons (Fsp3) is 0.562. The molecule has 1 aromatic carbocycles. The van der Waals surface area contributed by atoms with Gasteiger partial charge in [-0.05, 0) is 24.7 Å². The number of carbonyl (C=O) groups is 1. The van der Waals surface area contributed by atoms with E-state index in [1.807, 2.05) is 34.9 Å². The van der Waals surface area contributed by atoms with Gasteiger partial charge in [-0.25, -0.2) is 0 Å². The van der Waals surface area contributed by atoms with Crippen molar-refractivity contribution < 1.29 is 4.79 Å². The fourth-order valence-corrected chi connectivity index (χ4v) is 2.90. The molecule has 1 fully saturated rings. The molecule has 3 unspecified atom stereocenters. The molecule has 0 bridgehead atoms. The molecule has 0 aromatic heterocycles. The van der Waals surface area contributed by atoms with E-state index in [2.05, 4.69) is 37.6 Å². The van der Waals surface area contributed by atoms with Gasteiger partial charge in [0.25, 0.3) is 0 Å². The molecule has 1 aliphatic heterocycles. The van der Waals surface area contributed by atoms with E-state index in [1.165, 1.54) is 5.56 Å². The Morgan fingerprint density at radius 3 is 2.65 bits per heavy atom.